The highest BCUT2D eigenvalue weighted by molar-refractivity contribution is 6.59. The van der Waals surface area contributed by atoms with Crippen LogP contribution in [0.3, 0.4) is 0 Å². The Hall–Kier alpha value is -2.67. The average molecular weight is 466 g/mol. The third-order valence-corrected chi connectivity index (χ3v) is 6.14. The number of carbonyl (C=O) groups is 2. The van der Waals surface area contributed by atoms with Gasteiger partial charge in [0.15, 0.2) is 0 Å². The van der Waals surface area contributed by atoms with Crippen LogP contribution in [0.2, 0.25) is 0 Å². The number of fused-ring (bicyclic) bond motifs is 1. The van der Waals surface area contributed by atoms with Crippen molar-refractivity contribution in [3.8, 4) is 11.5 Å². The third kappa shape index (κ3) is 3.12. The standard InChI is InChI=1S/C21H15Cl3N2O4/c1-29-13-7-3-11(4-8-13)25-18-15(22)16(23)20(27)17(24)19(18)26(21(25)28)12-5-9-14(30-2)10-6-12/h3-10,18H,1-2H3. The van der Waals surface area contributed by atoms with E-state index in [1.165, 1.54) is 9.80 Å². The molecule has 1 aliphatic heterocycles. The van der Waals surface area contributed by atoms with Crippen molar-refractivity contribution in [2.45, 2.75) is 6.04 Å². The summed E-state index contributed by atoms with van der Waals surface area (Å²) in [6.45, 7) is 0. The number of hydrogen-bond acceptors (Lipinski definition) is 4. The molecule has 1 unspecified atom stereocenters. The van der Waals surface area contributed by atoms with Crippen molar-refractivity contribution in [1.29, 1.82) is 0 Å². The fraction of sp³-hybridized carbons (Fsp3) is 0.143. The highest BCUT2D eigenvalue weighted by Gasteiger charge is 2.50. The lowest BCUT2D eigenvalue weighted by molar-refractivity contribution is -0.111. The van der Waals surface area contributed by atoms with E-state index in [-0.39, 0.29) is 20.8 Å². The van der Waals surface area contributed by atoms with E-state index in [1.807, 2.05) is 0 Å². The van der Waals surface area contributed by atoms with Crippen LogP contribution in [0.4, 0.5) is 16.2 Å². The first-order valence-corrected chi connectivity index (χ1v) is 9.93. The fourth-order valence-electron chi connectivity index (χ4n) is 3.44. The minimum Gasteiger partial charge on any atom is -0.497 e. The van der Waals surface area contributed by atoms with Gasteiger partial charge in [0.1, 0.15) is 27.6 Å². The molecule has 0 spiro atoms. The van der Waals surface area contributed by atoms with E-state index < -0.39 is 17.9 Å². The smallest absolute Gasteiger partial charge is 0.334 e. The molecule has 4 rings (SSSR count). The van der Waals surface area contributed by atoms with Crippen LogP contribution in [0.5, 0.6) is 11.5 Å². The van der Waals surface area contributed by atoms with Crippen molar-refractivity contribution in [3.05, 3.63) is 69.3 Å². The maximum atomic E-state index is 13.5. The minimum atomic E-state index is -0.840. The summed E-state index contributed by atoms with van der Waals surface area (Å²) in [5, 5.41) is -0.339. The molecule has 1 heterocycles. The first-order chi connectivity index (χ1) is 14.4. The normalized spacial score (nSPS) is 18.9. The molecule has 9 heteroatoms. The first kappa shape index (κ1) is 20.6. The SMILES string of the molecule is COc1ccc(N2C(=O)N(c3ccc(OC)cc3)C3C(Cl)=C(Cl)C(=O)C(Cl)=C32)cc1. The molecule has 1 fully saturated rings. The number of anilines is 2. The van der Waals surface area contributed by atoms with Crippen LogP contribution >= 0.6 is 34.8 Å². The molecule has 2 aromatic carbocycles. The second-order valence-electron chi connectivity index (χ2n) is 6.48. The summed E-state index contributed by atoms with van der Waals surface area (Å²) in [6.07, 6.45) is 0. The zero-order chi connectivity index (χ0) is 21.6. The van der Waals surface area contributed by atoms with E-state index in [0.717, 1.165) is 0 Å². The number of Topliss-reactive ketones (excluding diaryl/α,β-unsaturated/α-hetero) is 1. The Labute approximate surface area is 187 Å². The zero-order valence-electron chi connectivity index (χ0n) is 15.9. The summed E-state index contributed by atoms with van der Waals surface area (Å²) in [4.78, 5) is 28.9. The number of rotatable bonds is 4. The Kier molecular flexibility index (Phi) is 5.40. The number of benzene rings is 2. The number of carbonyl (C=O) groups excluding carboxylic acids is 2. The Morgan fingerprint density at radius 3 is 1.77 bits per heavy atom. The van der Waals surface area contributed by atoms with E-state index in [0.29, 0.717) is 22.9 Å². The van der Waals surface area contributed by atoms with Crippen molar-refractivity contribution in [2.24, 2.45) is 0 Å². The number of urea groups is 1. The predicted molar refractivity (Wildman–Crippen MR) is 117 cm³/mol. The maximum Gasteiger partial charge on any atom is 0.334 e. The quantitative estimate of drug-likeness (QED) is 0.619. The van der Waals surface area contributed by atoms with Crippen molar-refractivity contribution in [2.75, 3.05) is 24.0 Å². The van der Waals surface area contributed by atoms with Gasteiger partial charge in [-0.1, -0.05) is 34.8 Å². The lowest BCUT2D eigenvalue weighted by Gasteiger charge is -2.26. The summed E-state index contributed by atoms with van der Waals surface area (Å²) in [7, 11) is 3.09. The molecular formula is C21H15Cl3N2O4. The molecule has 154 valence electrons. The number of allylic oxidation sites excluding steroid dienone is 2. The number of nitrogens with zero attached hydrogens (tertiary/aromatic N) is 2. The van der Waals surface area contributed by atoms with Gasteiger partial charge < -0.3 is 9.47 Å². The van der Waals surface area contributed by atoms with Gasteiger partial charge in [0, 0.05) is 5.69 Å². The molecule has 1 aliphatic carbocycles. The van der Waals surface area contributed by atoms with Crippen LogP contribution in [0.1, 0.15) is 0 Å². The summed E-state index contributed by atoms with van der Waals surface area (Å²) in [6, 6.07) is 12.4. The molecule has 6 nitrogen and oxygen atoms in total. The summed E-state index contributed by atoms with van der Waals surface area (Å²) in [5.41, 5.74) is 1.30. The van der Waals surface area contributed by atoms with E-state index in [9.17, 15) is 9.59 Å². The van der Waals surface area contributed by atoms with Crippen molar-refractivity contribution in [1.82, 2.24) is 0 Å². The Balaban J connectivity index is 1.89. The molecule has 2 amide bonds. The summed E-state index contributed by atoms with van der Waals surface area (Å²) in [5.74, 6) is 0.622. The lowest BCUT2D eigenvalue weighted by atomic mass is 10.0. The number of hydrogen-bond donors (Lipinski definition) is 0. The van der Waals surface area contributed by atoms with E-state index >= 15 is 0 Å². The summed E-state index contributed by atoms with van der Waals surface area (Å²) >= 11 is 19.0. The van der Waals surface area contributed by atoms with Gasteiger partial charge in [-0.25, -0.2) is 4.79 Å². The van der Waals surface area contributed by atoms with Crippen molar-refractivity contribution < 1.29 is 19.1 Å². The molecule has 1 saturated heterocycles. The first-order valence-electron chi connectivity index (χ1n) is 8.80. The highest BCUT2D eigenvalue weighted by atomic mass is 35.5. The molecule has 1 atom stereocenters. The van der Waals surface area contributed by atoms with Crippen molar-refractivity contribution in [3.63, 3.8) is 0 Å². The number of halogens is 3. The zero-order valence-corrected chi connectivity index (χ0v) is 18.1. The molecule has 0 saturated carbocycles. The summed E-state index contributed by atoms with van der Waals surface area (Å²) < 4.78 is 10.4. The van der Waals surface area contributed by atoms with Gasteiger partial charge in [0.05, 0.1) is 30.6 Å². The van der Waals surface area contributed by atoms with Gasteiger partial charge in [0.2, 0.25) is 5.78 Å². The Bertz CT molecular complexity index is 1090. The van der Waals surface area contributed by atoms with Crippen LogP contribution in [0.15, 0.2) is 69.3 Å². The monoisotopic (exact) mass is 464 g/mol. The predicted octanol–water partition coefficient (Wildman–Crippen LogP) is 5.24. The average Bonchev–Trinajstić information content (AvgIpc) is 3.09. The van der Waals surface area contributed by atoms with E-state index in [2.05, 4.69) is 0 Å². The molecule has 2 aliphatic rings. The molecule has 0 N–H and O–H groups in total. The van der Waals surface area contributed by atoms with E-state index in [4.69, 9.17) is 44.3 Å². The second-order valence-corrected chi connectivity index (χ2v) is 7.64. The largest absolute Gasteiger partial charge is 0.497 e. The molecule has 0 bridgehead atoms. The second kappa shape index (κ2) is 7.87. The maximum absolute atomic E-state index is 13.5. The molecule has 2 aromatic rings. The molecule has 30 heavy (non-hydrogen) atoms. The van der Waals surface area contributed by atoms with Gasteiger partial charge in [-0.15, -0.1) is 0 Å². The topological polar surface area (TPSA) is 59.1 Å². The molecule has 0 radical (unpaired) electrons. The number of amides is 2. The van der Waals surface area contributed by atoms with Crippen LogP contribution < -0.4 is 19.3 Å². The fourth-order valence-corrected chi connectivity index (χ4v) is 4.26. The minimum absolute atomic E-state index is 0.0289. The highest BCUT2D eigenvalue weighted by Crippen LogP contribution is 2.46. The lowest BCUT2D eigenvalue weighted by Crippen LogP contribution is -2.36. The number of ether oxygens (including phenoxy) is 2. The third-order valence-electron chi connectivity index (χ3n) is 4.91. The van der Waals surface area contributed by atoms with Crippen LogP contribution in [-0.2, 0) is 4.79 Å². The van der Waals surface area contributed by atoms with Crippen LogP contribution in [0, 0.1) is 0 Å². The number of methoxy groups -OCH3 is 2. The van der Waals surface area contributed by atoms with Gasteiger partial charge in [0.25, 0.3) is 0 Å². The molecular weight excluding hydrogens is 451 g/mol. The van der Waals surface area contributed by atoms with Gasteiger partial charge in [-0.05, 0) is 48.5 Å². The van der Waals surface area contributed by atoms with Crippen LogP contribution in [0.25, 0.3) is 0 Å². The van der Waals surface area contributed by atoms with Crippen LogP contribution in [-0.4, -0.2) is 32.1 Å². The Morgan fingerprint density at radius 1 is 0.767 bits per heavy atom. The Morgan fingerprint density at radius 2 is 1.27 bits per heavy atom. The molecule has 0 aromatic heterocycles. The number of ketones is 1. The van der Waals surface area contributed by atoms with Gasteiger partial charge >= 0.3 is 6.03 Å². The van der Waals surface area contributed by atoms with Gasteiger partial charge in [-0.3, -0.25) is 14.6 Å². The van der Waals surface area contributed by atoms with E-state index in [1.54, 1.807) is 62.8 Å². The van der Waals surface area contributed by atoms with Crippen molar-refractivity contribution >= 4 is 58.0 Å². The van der Waals surface area contributed by atoms with Gasteiger partial charge in [-0.2, -0.15) is 0 Å².